The SMILES string of the molecule is O=C(NCC1=C[C@H]2Oc3ccccc3C(=O)C2=CN1c1ncc(Br)cc1Br)Oc1ccccc1. The third-order valence-corrected chi connectivity index (χ3v) is 6.28. The highest BCUT2D eigenvalue weighted by atomic mass is 79.9. The number of ketones is 1. The summed E-state index contributed by atoms with van der Waals surface area (Å²) in [5.74, 6) is 1.41. The van der Waals surface area contributed by atoms with E-state index in [9.17, 15) is 9.59 Å². The standard InChI is InChI=1S/C25H17Br2N3O4/c26-15-10-20(27)24(28-12-15)30-14-19-22(34-21-9-5-4-8-18(21)23(19)31)11-16(30)13-29-25(32)33-17-6-2-1-3-7-17/h1-12,14,22H,13H2,(H,29,32)/t22-/m1/s1. The molecule has 0 fully saturated rings. The van der Waals surface area contributed by atoms with Crippen molar-refractivity contribution in [2.45, 2.75) is 6.10 Å². The molecule has 1 aromatic heterocycles. The van der Waals surface area contributed by atoms with Gasteiger partial charge >= 0.3 is 6.09 Å². The lowest BCUT2D eigenvalue weighted by Crippen LogP contribution is -2.40. The van der Waals surface area contributed by atoms with Gasteiger partial charge in [0.05, 0.1) is 22.2 Å². The first-order valence-corrected chi connectivity index (χ1v) is 11.9. The van der Waals surface area contributed by atoms with Gasteiger partial charge in [-0.15, -0.1) is 0 Å². The number of hydrogen-bond acceptors (Lipinski definition) is 6. The molecule has 1 atom stereocenters. The predicted octanol–water partition coefficient (Wildman–Crippen LogP) is 5.63. The average Bonchev–Trinajstić information content (AvgIpc) is 2.83. The lowest BCUT2D eigenvalue weighted by Gasteiger charge is -2.34. The van der Waals surface area contributed by atoms with Gasteiger partial charge in [0.2, 0.25) is 0 Å². The number of hydrogen-bond donors (Lipinski definition) is 1. The van der Waals surface area contributed by atoms with Gasteiger partial charge in [-0.3, -0.25) is 4.79 Å². The molecule has 1 amide bonds. The Kier molecular flexibility index (Phi) is 6.21. The lowest BCUT2D eigenvalue weighted by atomic mass is 9.93. The van der Waals surface area contributed by atoms with Gasteiger partial charge in [-0.05, 0) is 68.3 Å². The first kappa shape index (κ1) is 22.4. The molecule has 0 radical (unpaired) electrons. The summed E-state index contributed by atoms with van der Waals surface area (Å²) in [6.45, 7) is 0.120. The van der Waals surface area contributed by atoms with Gasteiger partial charge in [-0.1, -0.05) is 30.3 Å². The zero-order chi connectivity index (χ0) is 23.7. The second kappa shape index (κ2) is 9.44. The minimum Gasteiger partial charge on any atom is -0.481 e. The summed E-state index contributed by atoms with van der Waals surface area (Å²) in [5.41, 5.74) is 1.65. The van der Waals surface area contributed by atoms with Gasteiger partial charge in [-0.2, -0.15) is 0 Å². The zero-order valence-corrected chi connectivity index (χ0v) is 20.7. The molecule has 0 saturated heterocycles. The predicted molar refractivity (Wildman–Crippen MR) is 134 cm³/mol. The zero-order valence-electron chi connectivity index (χ0n) is 17.6. The van der Waals surface area contributed by atoms with Crippen molar-refractivity contribution in [3.05, 3.63) is 105 Å². The third-order valence-electron chi connectivity index (χ3n) is 5.26. The molecule has 1 N–H and O–H groups in total. The Morgan fingerprint density at radius 1 is 1.12 bits per heavy atom. The normalized spacial score (nSPS) is 16.5. The average molecular weight is 583 g/mol. The van der Waals surface area contributed by atoms with Crippen molar-refractivity contribution in [3.63, 3.8) is 0 Å². The summed E-state index contributed by atoms with van der Waals surface area (Å²) in [6, 6.07) is 17.8. The third kappa shape index (κ3) is 4.49. The van der Waals surface area contributed by atoms with Crippen LogP contribution in [0.1, 0.15) is 10.4 Å². The molecule has 0 saturated carbocycles. The number of nitrogens with zero attached hydrogens (tertiary/aromatic N) is 2. The maximum atomic E-state index is 13.2. The fourth-order valence-electron chi connectivity index (χ4n) is 3.70. The molecule has 5 rings (SSSR count). The number of ether oxygens (including phenoxy) is 2. The molecule has 9 heteroatoms. The number of pyridine rings is 1. The molecule has 3 heterocycles. The van der Waals surface area contributed by atoms with Crippen LogP contribution >= 0.6 is 31.9 Å². The second-order valence-corrected chi connectivity index (χ2v) is 9.26. The number of aromatic nitrogens is 1. The van der Waals surface area contributed by atoms with Crippen LogP contribution in [0, 0.1) is 0 Å². The van der Waals surface area contributed by atoms with E-state index in [4.69, 9.17) is 9.47 Å². The molecular formula is C25H17Br2N3O4. The van der Waals surface area contributed by atoms with Crippen molar-refractivity contribution in [3.8, 4) is 11.5 Å². The Morgan fingerprint density at radius 3 is 2.68 bits per heavy atom. The Labute approximate surface area is 212 Å². The summed E-state index contributed by atoms with van der Waals surface area (Å²) in [6.07, 6.45) is 3.99. The van der Waals surface area contributed by atoms with Crippen molar-refractivity contribution in [1.29, 1.82) is 0 Å². The first-order valence-electron chi connectivity index (χ1n) is 10.3. The van der Waals surface area contributed by atoms with Gasteiger partial charge in [-0.25, -0.2) is 9.78 Å². The van der Waals surface area contributed by atoms with Crippen LogP contribution in [0.25, 0.3) is 0 Å². The number of para-hydroxylation sites is 2. The molecule has 3 aromatic rings. The van der Waals surface area contributed by atoms with E-state index >= 15 is 0 Å². The number of amides is 1. The van der Waals surface area contributed by atoms with Crippen LogP contribution in [0.2, 0.25) is 0 Å². The van der Waals surface area contributed by atoms with Gasteiger partial charge in [0, 0.05) is 22.6 Å². The highest BCUT2D eigenvalue weighted by Gasteiger charge is 2.35. The summed E-state index contributed by atoms with van der Waals surface area (Å²) in [7, 11) is 0. The fraction of sp³-hybridized carbons (Fsp3) is 0.0800. The van der Waals surface area contributed by atoms with Crippen molar-refractivity contribution < 1.29 is 19.1 Å². The van der Waals surface area contributed by atoms with Crippen molar-refractivity contribution in [2.75, 3.05) is 11.4 Å². The van der Waals surface area contributed by atoms with Gasteiger partial charge in [0.25, 0.3) is 0 Å². The molecule has 34 heavy (non-hydrogen) atoms. The number of benzene rings is 2. The van der Waals surface area contributed by atoms with Crippen LogP contribution in [-0.2, 0) is 0 Å². The second-order valence-electron chi connectivity index (χ2n) is 7.49. The molecule has 2 aliphatic rings. The quantitative estimate of drug-likeness (QED) is 0.430. The van der Waals surface area contributed by atoms with Crippen LogP contribution < -0.4 is 19.7 Å². The van der Waals surface area contributed by atoms with Gasteiger partial charge in [0.1, 0.15) is 17.6 Å². The maximum absolute atomic E-state index is 13.2. The van der Waals surface area contributed by atoms with Gasteiger partial charge < -0.3 is 19.7 Å². The Bertz CT molecular complexity index is 1340. The summed E-state index contributed by atoms with van der Waals surface area (Å²) >= 11 is 6.96. The molecule has 0 bridgehead atoms. The monoisotopic (exact) mass is 581 g/mol. The Morgan fingerprint density at radius 2 is 1.88 bits per heavy atom. The molecular weight excluding hydrogens is 566 g/mol. The number of fused-ring (bicyclic) bond motifs is 2. The van der Waals surface area contributed by atoms with E-state index in [1.54, 1.807) is 59.8 Å². The number of halogens is 2. The van der Waals surface area contributed by atoms with Crippen molar-refractivity contribution >= 4 is 49.6 Å². The fourth-order valence-corrected chi connectivity index (χ4v) is 4.87. The van der Waals surface area contributed by atoms with E-state index in [0.29, 0.717) is 38.6 Å². The highest BCUT2D eigenvalue weighted by Crippen LogP contribution is 2.37. The molecule has 7 nitrogen and oxygen atoms in total. The van der Waals surface area contributed by atoms with E-state index in [0.717, 1.165) is 4.47 Å². The maximum Gasteiger partial charge on any atom is 0.412 e. The number of carbonyl (C=O) groups is 2. The van der Waals surface area contributed by atoms with E-state index in [-0.39, 0.29) is 12.3 Å². The number of nitrogens with one attached hydrogen (secondary N) is 1. The van der Waals surface area contributed by atoms with Crippen LogP contribution in [-0.4, -0.2) is 29.5 Å². The molecule has 0 aliphatic carbocycles. The summed E-state index contributed by atoms with van der Waals surface area (Å²) < 4.78 is 12.9. The smallest absolute Gasteiger partial charge is 0.412 e. The molecule has 2 aliphatic heterocycles. The Balaban J connectivity index is 1.46. The van der Waals surface area contributed by atoms with Crippen LogP contribution in [0.5, 0.6) is 11.5 Å². The highest BCUT2D eigenvalue weighted by molar-refractivity contribution is 9.11. The summed E-state index contributed by atoms with van der Waals surface area (Å²) in [4.78, 5) is 31.9. The first-order chi connectivity index (χ1) is 16.5. The van der Waals surface area contributed by atoms with Crippen LogP contribution in [0.4, 0.5) is 10.6 Å². The van der Waals surface area contributed by atoms with E-state index < -0.39 is 12.2 Å². The number of Topliss-reactive ketones (excluding diaryl/α,β-unsaturated/α-hetero) is 1. The molecule has 0 spiro atoms. The number of carbonyl (C=O) groups excluding carboxylic acids is 2. The minimum atomic E-state index is -0.601. The topological polar surface area (TPSA) is 80.8 Å². The van der Waals surface area contributed by atoms with Crippen molar-refractivity contribution in [2.24, 2.45) is 0 Å². The van der Waals surface area contributed by atoms with E-state index in [1.165, 1.54) is 0 Å². The van der Waals surface area contributed by atoms with E-state index in [2.05, 4.69) is 42.2 Å². The molecule has 170 valence electrons. The lowest BCUT2D eigenvalue weighted by molar-refractivity contribution is 0.0978. The summed E-state index contributed by atoms with van der Waals surface area (Å²) in [5, 5.41) is 2.76. The van der Waals surface area contributed by atoms with Crippen LogP contribution in [0.3, 0.4) is 0 Å². The Hall–Kier alpha value is -3.43. The van der Waals surface area contributed by atoms with E-state index in [1.807, 2.05) is 24.3 Å². The van der Waals surface area contributed by atoms with Crippen LogP contribution in [0.15, 0.2) is 99.4 Å². The molecule has 0 unspecified atom stereocenters. The minimum absolute atomic E-state index is 0.114. The number of anilines is 1. The largest absolute Gasteiger partial charge is 0.481 e. The van der Waals surface area contributed by atoms with Crippen molar-refractivity contribution in [1.82, 2.24) is 10.3 Å². The number of rotatable bonds is 4. The van der Waals surface area contributed by atoms with Gasteiger partial charge in [0.15, 0.2) is 11.6 Å². The molecule has 2 aromatic carbocycles.